The Bertz CT molecular complexity index is 1680. The van der Waals surface area contributed by atoms with Crippen molar-refractivity contribution in [3.8, 4) is 22.8 Å². The number of hydrogen-bond donors (Lipinski definition) is 0. The molecule has 0 aliphatic rings. The number of nitrogens with zero attached hydrogens (tertiary/aromatic N) is 6. The van der Waals surface area contributed by atoms with Crippen LogP contribution in [0, 0.1) is 0 Å². The molecule has 0 spiro atoms. The van der Waals surface area contributed by atoms with Crippen molar-refractivity contribution in [2.75, 3.05) is 20.8 Å². The van der Waals surface area contributed by atoms with E-state index in [9.17, 15) is 4.79 Å². The number of rotatable bonds is 9. The first-order valence-electron chi connectivity index (χ1n) is 13.2. The number of carbonyl (C=O) groups excluding carboxylic acids is 1. The van der Waals surface area contributed by atoms with E-state index in [-0.39, 0.29) is 0 Å². The van der Waals surface area contributed by atoms with Gasteiger partial charge >= 0.3 is 5.97 Å². The average molecular weight is 537 g/mol. The number of hydrogen-bond acceptors (Lipinski definition) is 7. The summed E-state index contributed by atoms with van der Waals surface area (Å²) in [6.45, 7) is 7.04. The van der Waals surface area contributed by atoms with E-state index in [1.807, 2.05) is 42.1 Å². The fourth-order valence-electron chi connectivity index (χ4n) is 4.65. The van der Waals surface area contributed by atoms with E-state index in [2.05, 4.69) is 64.5 Å². The largest absolute Gasteiger partial charge is 0.465 e. The predicted octanol–water partition coefficient (Wildman–Crippen LogP) is 5.69. The zero-order valence-corrected chi connectivity index (χ0v) is 23.3. The normalized spacial score (nSPS) is 11.6. The molecule has 5 rings (SSSR count). The molecule has 0 amide bonds. The van der Waals surface area contributed by atoms with E-state index < -0.39 is 5.97 Å². The maximum Gasteiger partial charge on any atom is 0.340 e. The van der Waals surface area contributed by atoms with Crippen LogP contribution in [0.5, 0.6) is 6.01 Å². The number of aromatic nitrogens is 5. The number of esters is 1. The Morgan fingerprint density at radius 1 is 1.10 bits per heavy atom. The summed E-state index contributed by atoms with van der Waals surface area (Å²) in [4.78, 5) is 21.4. The first-order valence-corrected chi connectivity index (χ1v) is 13.2. The second kappa shape index (κ2) is 11.5. The van der Waals surface area contributed by atoms with Crippen molar-refractivity contribution >= 4 is 23.2 Å². The molecular weight excluding hydrogens is 504 g/mol. The van der Waals surface area contributed by atoms with Crippen LogP contribution in [0.1, 0.15) is 53.9 Å². The minimum atomic E-state index is -0.414. The summed E-state index contributed by atoms with van der Waals surface area (Å²) < 4.78 is 14.6. The number of carbonyl (C=O) groups is 1. The molecule has 0 fully saturated rings. The second-order valence-corrected chi connectivity index (χ2v) is 9.68. The number of para-hydroxylation sites is 1. The van der Waals surface area contributed by atoms with Crippen LogP contribution in [-0.4, -0.2) is 57.5 Å². The van der Waals surface area contributed by atoms with Gasteiger partial charge in [-0.2, -0.15) is 4.98 Å². The summed E-state index contributed by atoms with van der Waals surface area (Å²) in [7, 11) is 3.14. The van der Waals surface area contributed by atoms with Gasteiger partial charge in [0, 0.05) is 18.8 Å². The van der Waals surface area contributed by atoms with Gasteiger partial charge in [-0.1, -0.05) is 55.5 Å². The van der Waals surface area contributed by atoms with Gasteiger partial charge in [0.1, 0.15) is 0 Å². The fourth-order valence-corrected chi connectivity index (χ4v) is 4.65. The van der Waals surface area contributed by atoms with Crippen molar-refractivity contribution in [2.45, 2.75) is 33.2 Å². The smallest absolute Gasteiger partial charge is 0.340 e. The van der Waals surface area contributed by atoms with Gasteiger partial charge in [-0.3, -0.25) is 9.56 Å². The third kappa shape index (κ3) is 5.22. The van der Waals surface area contributed by atoms with Gasteiger partial charge in [0.05, 0.1) is 54.4 Å². The van der Waals surface area contributed by atoms with E-state index in [0.717, 1.165) is 33.6 Å². The van der Waals surface area contributed by atoms with E-state index in [4.69, 9.17) is 9.47 Å². The number of fused-ring (bicyclic) bond motifs is 1. The lowest BCUT2D eigenvalue weighted by molar-refractivity contribution is 0.0602. The van der Waals surface area contributed by atoms with Crippen LogP contribution in [-0.2, 0) is 11.3 Å². The van der Waals surface area contributed by atoms with Gasteiger partial charge in [0.15, 0.2) is 0 Å². The SMILES string of the molecule is CCOc1nc2cccc(C(=O)OC)c2n1Cc1ccc(-c2cc(-n3cc(C(C)C)nn3)ccc2/C=N/C)cc1. The maximum atomic E-state index is 12.5. The monoisotopic (exact) mass is 536 g/mol. The molecule has 5 aromatic rings. The zero-order chi connectivity index (χ0) is 28.2. The molecule has 0 unspecified atom stereocenters. The van der Waals surface area contributed by atoms with Crippen molar-refractivity contribution in [2.24, 2.45) is 4.99 Å². The minimum absolute atomic E-state index is 0.298. The minimum Gasteiger partial charge on any atom is -0.465 e. The van der Waals surface area contributed by atoms with Gasteiger partial charge in [-0.15, -0.1) is 5.10 Å². The van der Waals surface area contributed by atoms with Gasteiger partial charge in [-0.05, 0) is 53.8 Å². The van der Waals surface area contributed by atoms with Crippen molar-refractivity contribution in [1.82, 2.24) is 24.5 Å². The van der Waals surface area contributed by atoms with Crippen LogP contribution in [0.2, 0.25) is 0 Å². The van der Waals surface area contributed by atoms with E-state index >= 15 is 0 Å². The molecule has 40 heavy (non-hydrogen) atoms. The summed E-state index contributed by atoms with van der Waals surface area (Å²) >= 11 is 0. The van der Waals surface area contributed by atoms with Crippen LogP contribution < -0.4 is 4.74 Å². The molecule has 9 nitrogen and oxygen atoms in total. The highest BCUT2D eigenvalue weighted by Crippen LogP contribution is 2.29. The van der Waals surface area contributed by atoms with Crippen LogP contribution in [0.3, 0.4) is 0 Å². The molecule has 204 valence electrons. The first kappa shape index (κ1) is 26.8. The van der Waals surface area contributed by atoms with Gasteiger partial charge in [0.25, 0.3) is 6.01 Å². The van der Waals surface area contributed by atoms with Gasteiger partial charge in [0.2, 0.25) is 0 Å². The van der Waals surface area contributed by atoms with Crippen LogP contribution >= 0.6 is 0 Å². The lowest BCUT2D eigenvalue weighted by Crippen LogP contribution is -2.09. The Morgan fingerprint density at radius 2 is 1.90 bits per heavy atom. The molecule has 0 bridgehead atoms. The molecule has 0 aliphatic carbocycles. The maximum absolute atomic E-state index is 12.5. The molecule has 0 aliphatic heterocycles. The quantitative estimate of drug-likeness (QED) is 0.177. The summed E-state index contributed by atoms with van der Waals surface area (Å²) in [6.07, 6.45) is 3.82. The Balaban J connectivity index is 1.52. The predicted molar refractivity (Wildman–Crippen MR) is 156 cm³/mol. The molecule has 2 aromatic heterocycles. The lowest BCUT2D eigenvalue weighted by Gasteiger charge is -2.13. The fraction of sp³-hybridized carbons (Fsp3) is 0.258. The molecule has 0 N–H and O–H groups in total. The topological polar surface area (TPSA) is 96.4 Å². The number of benzene rings is 3. The summed E-state index contributed by atoms with van der Waals surface area (Å²) in [5.41, 5.74) is 7.79. The summed E-state index contributed by atoms with van der Waals surface area (Å²) in [5.74, 6) is -0.116. The lowest BCUT2D eigenvalue weighted by atomic mass is 9.98. The molecule has 0 atom stereocenters. The van der Waals surface area contributed by atoms with Gasteiger partial charge in [-0.25, -0.2) is 9.48 Å². The van der Waals surface area contributed by atoms with Gasteiger partial charge < -0.3 is 9.47 Å². The molecule has 0 saturated heterocycles. The highest BCUT2D eigenvalue weighted by Gasteiger charge is 2.20. The highest BCUT2D eigenvalue weighted by atomic mass is 16.5. The molecule has 0 saturated carbocycles. The zero-order valence-electron chi connectivity index (χ0n) is 23.3. The second-order valence-electron chi connectivity index (χ2n) is 9.68. The van der Waals surface area contributed by atoms with Crippen LogP contribution in [0.25, 0.3) is 27.8 Å². The Kier molecular flexibility index (Phi) is 7.72. The highest BCUT2D eigenvalue weighted by molar-refractivity contribution is 6.02. The van der Waals surface area contributed by atoms with E-state index in [1.165, 1.54) is 7.11 Å². The van der Waals surface area contributed by atoms with Crippen molar-refractivity contribution in [1.29, 1.82) is 0 Å². The van der Waals surface area contributed by atoms with Crippen LogP contribution in [0.4, 0.5) is 0 Å². The molecule has 9 heteroatoms. The Labute approximate surface area is 233 Å². The van der Waals surface area contributed by atoms with E-state index in [1.54, 1.807) is 23.9 Å². The standard InChI is InChI=1S/C31H32N6O3/c1-6-40-31-33-27-9-7-8-25(30(38)39-5)29(27)36(31)18-21-10-12-22(13-11-21)26-16-24(15-14-23(26)17-32-4)37-19-28(20(2)3)34-35-37/h7-17,19-20H,6,18H2,1-5H3/b32-17+. The molecule has 3 aromatic carbocycles. The first-order chi connectivity index (χ1) is 19.4. The molecule has 0 radical (unpaired) electrons. The summed E-state index contributed by atoms with van der Waals surface area (Å²) in [5, 5.41) is 8.63. The number of imidazole rings is 1. The van der Waals surface area contributed by atoms with Crippen molar-refractivity contribution in [3.63, 3.8) is 0 Å². The number of aliphatic imine (C=N–C) groups is 1. The average Bonchev–Trinajstić information content (AvgIpc) is 3.60. The Morgan fingerprint density at radius 3 is 2.58 bits per heavy atom. The number of ether oxygens (including phenoxy) is 2. The third-order valence-electron chi connectivity index (χ3n) is 6.69. The van der Waals surface area contributed by atoms with Crippen molar-refractivity contribution in [3.05, 3.63) is 89.2 Å². The van der Waals surface area contributed by atoms with Crippen molar-refractivity contribution < 1.29 is 14.3 Å². The number of methoxy groups -OCH3 is 1. The Hall–Kier alpha value is -4.79. The molecule has 2 heterocycles. The molecular formula is C31H32N6O3. The third-order valence-corrected chi connectivity index (χ3v) is 6.69. The van der Waals surface area contributed by atoms with Crippen LogP contribution in [0.15, 0.2) is 71.9 Å². The summed E-state index contributed by atoms with van der Waals surface area (Å²) in [6, 6.07) is 20.4. The van der Waals surface area contributed by atoms with E-state index in [0.29, 0.717) is 41.7 Å².